The molecule has 0 aromatic rings. The maximum Gasteiger partial charge on any atom is 0.00770 e. The Morgan fingerprint density at radius 3 is 2.35 bits per heavy atom. The average molecular weight is 431 g/mol. The molecule has 3 N–H and O–H groups in total. The van der Waals surface area contributed by atoms with Crippen LogP contribution in [0, 0.1) is 52.3 Å². The fraction of sp³-hybridized carbons (Fsp3) is 1.00. The minimum Gasteiger partial charge on any atom is -0.329 e. The van der Waals surface area contributed by atoms with Crippen molar-refractivity contribution in [1.82, 2.24) is 5.32 Å². The molecule has 0 spiro atoms. The molecule has 2 heteroatoms. The van der Waals surface area contributed by atoms with Crippen molar-refractivity contribution in [3.63, 3.8) is 0 Å². The zero-order valence-corrected chi connectivity index (χ0v) is 21.6. The first-order valence-electron chi connectivity index (χ1n) is 14.2. The van der Waals surface area contributed by atoms with Gasteiger partial charge in [0.05, 0.1) is 0 Å². The molecule has 4 rings (SSSR count). The lowest BCUT2D eigenvalue weighted by atomic mass is 9.44. The second-order valence-corrected chi connectivity index (χ2v) is 13.4. The molecule has 0 radical (unpaired) electrons. The van der Waals surface area contributed by atoms with Gasteiger partial charge in [0.1, 0.15) is 0 Å². The molecule has 0 amide bonds. The van der Waals surface area contributed by atoms with Gasteiger partial charge in [0, 0.05) is 19.1 Å². The van der Waals surface area contributed by atoms with Gasteiger partial charge in [-0.15, -0.1) is 0 Å². The Hall–Kier alpha value is -0.0800. The summed E-state index contributed by atoms with van der Waals surface area (Å²) >= 11 is 0. The van der Waals surface area contributed by atoms with E-state index in [2.05, 4.69) is 39.9 Å². The largest absolute Gasteiger partial charge is 0.329 e. The van der Waals surface area contributed by atoms with Crippen LogP contribution in [0.3, 0.4) is 0 Å². The third kappa shape index (κ3) is 4.51. The Kier molecular flexibility index (Phi) is 7.49. The Morgan fingerprint density at radius 1 is 0.871 bits per heavy atom. The normalized spacial score (nSPS) is 45.8. The van der Waals surface area contributed by atoms with Gasteiger partial charge in [0.2, 0.25) is 0 Å². The van der Waals surface area contributed by atoms with Crippen molar-refractivity contribution in [1.29, 1.82) is 0 Å². The van der Waals surface area contributed by atoms with Crippen molar-refractivity contribution in [3.8, 4) is 0 Å². The monoisotopic (exact) mass is 430 g/mol. The number of nitrogens with two attached hydrogens (primary N) is 1. The van der Waals surface area contributed by atoms with Crippen molar-refractivity contribution >= 4 is 0 Å². The van der Waals surface area contributed by atoms with Crippen molar-refractivity contribution in [2.75, 3.05) is 13.1 Å². The smallest absolute Gasteiger partial charge is 0.00770 e. The van der Waals surface area contributed by atoms with E-state index in [1.54, 1.807) is 0 Å². The molecule has 0 aromatic carbocycles. The van der Waals surface area contributed by atoms with Crippen LogP contribution in [0.15, 0.2) is 0 Å². The first-order chi connectivity index (χ1) is 14.8. The topological polar surface area (TPSA) is 38.0 Å². The molecule has 3 unspecified atom stereocenters. The van der Waals surface area contributed by atoms with Crippen LogP contribution < -0.4 is 11.1 Å². The van der Waals surface area contributed by atoms with E-state index in [-0.39, 0.29) is 0 Å². The van der Waals surface area contributed by atoms with Gasteiger partial charge in [-0.3, -0.25) is 0 Å². The summed E-state index contributed by atoms with van der Waals surface area (Å²) in [5, 5.41) is 3.75. The number of fused-ring (bicyclic) bond motifs is 5. The molecular weight excluding hydrogens is 376 g/mol. The van der Waals surface area contributed by atoms with Crippen LogP contribution in [0.2, 0.25) is 0 Å². The highest BCUT2D eigenvalue weighted by atomic mass is 14.9. The number of nitrogens with one attached hydrogen (secondary N) is 1. The molecule has 4 fully saturated rings. The van der Waals surface area contributed by atoms with Crippen LogP contribution in [0.25, 0.3) is 0 Å². The molecule has 180 valence electrons. The van der Waals surface area contributed by atoms with Gasteiger partial charge in [-0.2, -0.15) is 0 Å². The zero-order chi connectivity index (χ0) is 22.2. The van der Waals surface area contributed by atoms with Crippen molar-refractivity contribution in [2.45, 2.75) is 118 Å². The molecule has 0 heterocycles. The van der Waals surface area contributed by atoms with Gasteiger partial charge >= 0.3 is 0 Å². The quantitative estimate of drug-likeness (QED) is 0.434. The fourth-order valence-corrected chi connectivity index (χ4v) is 9.76. The van der Waals surface area contributed by atoms with Gasteiger partial charge in [-0.25, -0.2) is 0 Å². The average Bonchev–Trinajstić information content (AvgIpc) is 3.09. The van der Waals surface area contributed by atoms with E-state index < -0.39 is 0 Å². The van der Waals surface area contributed by atoms with Gasteiger partial charge in [-0.05, 0) is 110 Å². The van der Waals surface area contributed by atoms with E-state index in [9.17, 15) is 0 Å². The SMILES string of the molecule is CC(C)CCC[C@@H](C)[C@H]1CCC2C3CC[C@@H]4C[C@@H](NCCN)CC[C@]4(C)C3CC[C@@]21C. The highest BCUT2D eigenvalue weighted by molar-refractivity contribution is 5.10. The Labute approximate surface area is 194 Å². The summed E-state index contributed by atoms with van der Waals surface area (Å²) in [6.45, 7) is 14.6. The highest BCUT2D eigenvalue weighted by Crippen LogP contribution is 2.68. The minimum atomic E-state index is 0.617. The van der Waals surface area contributed by atoms with E-state index in [0.717, 1.165) is 60.6 Å². The second kappa shape index (κ2) is 9.65. The van der Waals surface area contributed by atoms with Crippen molar-refractivity contribution < 1.29 is 0 Å². The number of hydrogen-bond acceptors (Lipinski definition) is 2. The Morgan fingerprint density at radius 2 is 1.61 bits per heavy atom. The molecule has 0 aliphatic heterocycles. The molecule has 2 nitrogen and oxygen atoms in total. The highest BCUT2D eigenvalue weighted by Gasteiger charge is 2.60. The first kappa shape index (κ1) is 24.1. The molecule has 0 aromatic heterocycles. The first-order valence-corrected chi connectivity index (χ1v) is 14.2. The molecule has 4 saturated carbocycles. The number of rotatable bonds is 8. The van der Waals surface area contributed by atoms with Crippen LogP contribution in [-0.4, -0.2) is 19.1 Å². The van der Waals surface area contributed by atoms with Gasteiger partial charge < -0.3 is 11.1 Å². The van der Waals surface area contributed by atoms with E-state index in [1.807, 2.05) is 0 Å². The molecule has 4 aliphatic carbocycles. The summed E-state index contributed by atoms with van der Waals surface area (Å²) in [6.07, 6.45) is 17.7. The third-order valence-corrected chi connectivity index (χ3v) is 11.4. The standard InChI is InChI=1S/C29H54N2/c1-20(2)7-6-8-21(3)25-11-12-26-24-10-9-22-19-23(31-18-17-30)13-15-28(22,4)27(24)14-16-29(25,26)5/h20-27,31H,6-19,30H2,1-5H3/t21-,22-,23+,24?,25-,26?,27?,28+,29-/m1/s1. The molecule has 0 bridgehead atoms. The number of hydrogen-bond donors (Lipinski definition) is 2. The molecule has 0 saturated heterocycles. The summed E-state index contributed by atoms with van der Waals surface area (Å²) in [6, 6.07) is 0.731. The summed E-state index contributed by atoms with van der Waals surface area (Å²) in [7, 11) is 0. The van der Waals surface area contributed by atoms with Crippen LogP contribution in [0.5, 0.6) is 0 Å². The fourth-order valence-electron chi connectivity index (χ4n) is 9.76. The van der Waals surface area contributed by atoms with Gasteiger partial charge in [0.25, 0.3) is 0 Å². The van der Waals surface area contributed by atoms with Crippen molar-refractivity contribution in [2.24, 2.45) is 58.0 Å². The maximum atomic E-state index is 5.76. The predicted octanol–water partition coefficient (Wildman–Crippen LogP) is 7.02. The second-order valence-electron chi connectivity index (χ2n) is 13.4. The third-order valence-electron chi connectivity index (χ3n) is 11.4. The Balaban J connectivity index is 1.41. The van der Waals surface area contributed by atoms with Crippen LogP contribution in [-0.2, 0) is 0 Å². The summed E-state index contributed by atoms with van der Waals surface area (Å²) in [5.41, 5.74) is 7.02. The summed E-state index contributed by atoms with van der Waals surface area (Å²) < 4.78 is 0. The minimum absolute atomic E-state index is 0.617. The van der Waals surface area contributed by atoms with Gasteiger partial charge in [-0.1, -0.05) is 53.9 Å². The lowest BCUT2D eigenvalue weighted by Gasteiger charge is -2.61. The molecule has 31 heavy (non-hydrogen) atoms. The summed E-state index contributed by atoms with van der Waals surface area (Å²) in [4.78, 5) is 0. The lowest BCUT2D eigenvalue weighted by Crippen LogP contribution is -2.55. The molecule has 4 aliphatic rings. The van der Waals surface area contributed by atoms with Crippen LogP contribution in [0.1, 0.15) is 112 Å². The Bertz CT molecular complexity index is 587. The zero-order valence-electron chi connectivity index (χ0n) is 21.6. The molecule has 9 atom stereocenters. The van der Waals surface area contributed by atoms with Gasteiger partial charge in [0.15, 0.2) is 0 Å². The summed E-state index contributed by atoms with van der Waals surface area (Å²) in [5.74, 6) is 6.81. The van der Waals surface area contributed by atoms with E-state index in [4.69, 9.17) is 5.73 Å². The maximum absolute atomic E-state index is 5.76. The van der Waals surface area contributed by atoms with E-state index in [1.165, 1.54) is 77.0 Å². The van der Waals surface area contributed by atoms with E-state index >= 15 is 0 Å². The predicted molar refractivity (Wildman–Crippen MR) is 134 cm³/mol. The lowest BCUT2D eigenvalue weighted by molar-refractivity contribution is -0.117. The van der Waals surface area contributed by atoms with Crippen molar-refractivity contribution in [3.05, 3.63) is 0 Å². The van der Waals surface area contributed by atoms with Crippen LogP contribution in [0.4, 0.5) is 0 Å². The molecular formula is C29H54N2. The van der Waals surface area contributed by atoms with E-state index in [0.29, 0.717) is 10.8 Å². The van der Waals surface area contributed by atoms with Crippen LogP contribution >= 0.6 is 0 Å².